The van der Waals surface area contributed by atoms with Crippen molar-refractivity contribution in [3.05, 3.63) is 99.9 Å². The number of thiophene rings is 1. The van der Waals surface area contributed by atoms with Crippen LogP contribution in [0.4, 0.5) is 0 Å². The number of halogens is 1. The van der Waals surface area contributed by atoms with E-state index in [1.807, 2.05) is 71.6 Å². The summed E-state index contributed by atoms with van der Waals surface area (Å²) in [6.07, 6.45) is -0.113. The summed E-state index contributed by atoms with van der Waals surface area (Å²) in [5, 5.41) is 1.84. The molecule has 186 valence electrons. The number of carbonyl (C=O) groups excluding carboxylic acids is 1. The van der Waals surface area contributed by atoms with Crippen molar-refractivity contribution < 1.29 is 14.3 Å². The van der Waals surface area contributed by atoms with Crippen LogP contribution in [0.5, 0.6) is 5.75 Å². The Bertz CT molecular complexity index is 1280. The molecule has 2 heterocycles. The molecule has 0 saturated carbocycles. The molecule has 1 aliphatic heterocycles. The number of benzene rings is 3. The highest BCUT2D eigenvalue weighted by atomic mass is 35.5. The van der Waals surface area contributed by atoms with Crippen molar-refractivity contribution in [2.24, 2.45) is 0 Å². The fraction of sp³-hybridized carbons (Fsp3) is 0.276. The Kier molecular flexibility index (Phi) is 7.87. The Morgan fingerprint density at radius 1 is 0.972 bits per heavy atom. The molecule has 5 rings (SSSR count). The molecule has 1 fully saturated rings. The number of rotatable bonds is 8. The zero-order valence-electron chi connectivity index (χ0n) is 20.2. The van der Waals surface area contributed by atoms with E-state index in [0.29, 0.717) is 24.7 Å². The molecular formula is C29H29ClN2O3S. The minimum Gasteiger partial charge on any atom is -0.497 e. The third-order valence-electron chi connectivity index (χ3n) is 6.55. The van der Waals surface area contributed by atoms with Gasteiger partial charge in [-0.25, -0.2) is 0 Å². The number of nitrogens with zero attached hydrogens (tertiary/aromatic N) is 2. The quantitative estimate of drug-likeness (QED) is 0.274. The molecule has 0 bridgehead atoms. The second kappa shape index (κ2) is 11.4. The maximum atomic E-state index is 13.1. The van der Waals surface area contributed by atoms with Crippen LogP contribution in [0.1, 0.15) is 26.9 Å². The first-order chi connectivity index (χ1) is 17.6. The van der Waals surface area contributed by atoms with E-state index in [1.165, 1.54) is 0 Å². The summed E-state index contributed by atoms with van der Waals surface area (Å²) in [7, 11) is 1.67. The third kappa shape index (κ3) is 5.90. The van der Waals surface area contributed by atoms with Crippen LogP contribution in [-0.4, -0.2) is 55.5 Å². The zero-order valence-corrected chi connectivity index (χ0v) is 21.8. The number of hydrogen-bond donors (Lipinski definition) is 0. The molecular weight excluding hydrogens is 492 g/mol. The molecule has 1 aliphatic rings. The maximum absolute atomic E-state index is 13.1. The molecule has 0 spiro atoms. The van der Waals surface area contributed by atoms with Crippen molar-refractivity contribution in [2.75, 3.05) is 39.8 Å². The fourth-order valence-electron chi connectivity index (χ4n) is 4.50. The Labute approximate surface area is 220 Å². The molecule has 7 heteroatoms. The molecule has 1 amide bonds. The molecule has 1 unspecified atom stereocenters. The van der Waals surface area contributed by atoms with Gasteiger partial charge in [-0.15, -0.1) is 11.3 Å². The Morgan fingerprint density at radius 3 is 2.50 bits per heavy atom. The summed E-state index contributed by atoms with van der Waals surface area (Å²) in [5.41, 5.74) is 2.15. The van der Waals surface area contributed by atoms with Crippen LogP contribution in [-0.2, 0) is 11.3 Å². The Morgan fingerprint density at radius 2 is 1.75 bits per heavy atom. The molecule has 5 nitrogen and oxygen atoms in total. The normalized spacial score (nSPS) is 15.2. The van der Waals surface area contributed by atoms with Gasteiger partial charge in [-0.2, -0.15) is 0 Å². The van der Waals surface area contributed by atoms with E-state index in [-0.39, 0.29) is 12.0 Å². The van der Waals surface area contributed by atoms with Gasteiger partial charge in [-0.05, 0) is 52.9 Å². The molecule has 1 aromatic heterocycles. The monoisotopic (exact) mass is 520 g/mol. The van der Waals surface area contributed by atoms with E-state index in [4.69, 9.17) is 21.1 Å². The minimum atomic E-state index is -0.113. The van der Waals surface area contributed by atoms with Crippen molar-refractivity contribution in [1.82, 2.24) is 9.80 Å². The number of amides is 1. The lowest BCUT2D eigenvalue weighted by Gasteiger charge is -2.36. The van der Waals surface area contributed by atoms with Gasteiger partial charge >= 0.3 is 0 Å². The fourth-order valence-corrected chi connectivity index (χ4v) is 5.66. The molecule has 1 atom stereocenters. The van der Waals surface area contributed by atoms with Crippen LogP contribution in [0.2, 0.25) is 5.02 Å². The van der Waals surface area contributed by atoms with E-state index in [1.54, 1.807) is 18.4 Å². The van der Waals surface area contributed by atoms with Gasteiger partial charge in [0.25, 0.3) is 5.91 Å². The molecule has 4 aromatic rings. The smallest absolute Gasteiger partial charge is 0.264 e. The Balaban J connectivity index is 1.22. The van der Waals surface area contributed by atoms with Crippen LogP contribution in [0, 0.1) is 0 Å². The topological polar surface area (TPSA) is 42.0 Å². The molecule has 36 heavy (non-hydrogen) atoms. The van der Waals surface area contributed by atoms with Crippen molar-refractivity contribution >= 4 is 38.9 Å². The number of ether oxygens (including phenoxy) is 2. The van der Waals surface area contributed by atoms with Crippen LogP contribution in [0.25, 0.3) is 10.1 Å². The van der Waals surface area contributed by atoms with Crippen LogP contribution < -0.4 is 4.74 Å². The average molecular weight is 521 g/mol. The van der Waals surface area contributed by atoms with Gasteiger partial charge in [0.2, 0.25) is 0 Å². The lowest BCUT2D eigenvalue weighted by Crippen LogP contribution is -2.49. The standard InChI is InChI=1S/C29H29ClN2O3S/c1-34-25-7-4-5-21(17-25)20-35-26(22-9-11-24(30)12-10-22)19-31-13-15-32(16-14-31)29(33)28-18-23-6-2-3-8-27(23)36-28/h2-12,17-18,26H,13-16,19-20H2,1H3. The number of hydrogen-bond acceptors (Lipinski definition) is 5. The van der Waals surface area contributed by atoms with Gasteiger partial charge in [0.1, 0.15) is 5.75 Å². The zero-order chi connectivity index (χ0) is 24.9. The van der Waals surface area contributed by atoms with Crippen LogP contribution in [0.15, 0.2) is 78.9 Å². The summed E-state index contributed by atoms with van der Waals surface area (Å²) >= 11 is 7.71. The molecule has 0 aliphatic carbocycles. The van der Waals surface area contributed by atoms with Crippen molar-refractivity contribution in [3.8, 4) is 5.75 Å². The average Bonchev–Trinajstić information content (AvgIpc) is 3.36. The summed E-state index contributed by atoms with van der Waals surface area (Å²) in [5.74, 6) is 0.943. The first-order valence-electron chi connectivity index (χ1n) is 12.1. The van der Waals surface area contributed by atoms with E-state index in [2.05, 4.69) is 17.0 Å². The van der Waals surface area contributed by atoms with E-state index in [9.17, 15) is 4.79 Å². The van der Waals surface area contributed by atoms with Crippen molar-refractivity contribution in [2.45, 2.75) is 12.7 Å². The predicted octanol–water partition coefficient (Wildman–Crippen LogP) is 6.28. The summed E-state index contributed by atoms with van der Waals surface area (Å²) in [4.78, 5) is 18.3. The molecule has 0 N–H and O–H groups in total. The summed E-state index contributed by atoms with van der Waals surface area (Å²) in [6, 6.07) is 26.0. The SMILES string of the molecule is COc1cccc(COC(CN2CCN(C(=O)c3cc4ccccc4s3)CC2)c2ccc(Cl)cc2)c1. The van der Waals surface area contributed by atoms with Gasteiger partial charge in [0.15, 0.2) is 0 Å². The highest BCUT2D eigenvalue weighted by molar-refractivity contribution is 7.20. The minimum absolute atomic E-state index is 0.113. The van der Waals surface area contributed by atoms with Gasteiger partial charge < -0.3 is 14.4 Å². The van der Waals surface area contributed by atoms with E-state index in [0.717, 1.165) is 51.5 Å². The second-order valence-electron chi connectivity index (χ2n) is 8.94. The Hall–Kier alpha value is -2.90. The second-order valence-corrected chi connectivity index (χ2v) is 10.5. The summed E-state index contributed by atoms with van der Waals surface area (Å²) in [6.45, 7) is 4.25. The maximum Gasteiger partial charge on any atom is 0.264 e. The van der Waals surface area contributed by atoms with E-state index < -0.39 is 0 Å². The number of carbonyl (C=O) groups is 1. The van der Waals surface area contributed by atoms with Gasteiger partial charge in [0.05, 0.1) is 24.7 Å². The number of fused-ring (bicyclic) bond motifs is 1. The van der Waals surface area contributed by atoms with Crippen LogP contribution >= 0.6 is 22.9 Å². The van der Waals surface area contributed by atoms with Crippen molar-refractivity contribution in [3.63, 3.8) is 0 Å². The first-order valence-corrected chi connectivity index (χ1v) is 13.3. The van der Waals surface area contributed by atoms with Gasteiger partial charge in [-0.3, -0.25) is 9.69 Å². The summed E-state index contributed by atoms with van der Waals surface area (Å²) < 4.78 is 12.9. The lowest BCUT2D eigenvalue weighted by atomic mass is 10.1. The number of piperazine rings is 1. The highest BCUT2D eigenvalue weighted by Crippen LogP contribution is 2.28. The van der Waals surface area contributed by atoms with Crippen LogP contribution in [0.3, 0.4) is 0 Å². The predicted molar refractivity (Wildman–Crippen MR) is 146 cm³/mol. The third-order valence-corrected chi connectivity index (χ3v) is 7.90. The molecule has 3 aromatic carbocycles. The van der Waals surface area contributed by atoms with Crippen molar-refractivity contribution in [1.29, 1.82) is 0 Å². The van der Waals surface area contributed by atoms with Gasteiger partial charge in [-0.1, -0.05) is 54.1 Å². The highest BCUT2D eigenvalue weighted by Gasteiger charge is 2.26. The molecule has 0 radical (unpaired) electrons. The van der Waals surface area contributed by atoms with E-state index >= 15 is 0 Å². The molecule has 1 saturated heterocycles. The first kappa shape index (κ1) is 24.8. The lowest BCUT2D eigenvalue weighted by molar-refractivity contribution is 0.00343. The van der Waals surface area contributed by atoms with Gasteiger partial charge in [0, 0.05) is 42.4 Å². The number of methoxy groups -OCH3 is 1. The largest absolute Gasteiger partial charge is 0.497 e.